The molecule has 0 unspecified atom stereocenters. The van der Waals surface area contributed by atoms with E-state index >= 15 is 0 Å². The van der Waals surface area contributed by atoms with E-state index < -0.39 is 0 Å². The smallest absolute Gasteiger partial charge is 0.317 e. The highest BCUT2D eigenvalue weighted by molar-refractivity contribution is 5.75. The van der Waals surface area contributed by atoms with Crippen LogP contribution < -0.4 is 15.8 Å². The summed E-state index contributed by atoms with van der Waals surface area (Å²) in [6.45, 7) is 4.36. The van der Waals surface area contributed by atoms with Crippen molar-refractivity contribution < 1.29 is 9.53 Å². The quantitative estimate of drug-likeness (QED) is 0.585. The number of carbonyl (C=O) groups is 1. The summed E-state index contributed by atoms with van der Waals surface area (Å²) in [5, 5.41) is 8.07. The average molecular weight is 474 g/mol. The maximum atomic E-state index is 12.7. The fourth-order valence-corrected chi connectivity index (χ4v) is 5.46. The number of aryl methyl sites for hydroxylation is 1. The zero-order valence-corrected chi connectivity index (χ0v) is 20.0. The van der Waals surface area contributed by atoms with Crippen LogP contribution in [0.1, 0.15) is 56.4 Å². The highest BCUT2D eigenvalue weighted by atomic mass is 16.5. The number of hydrogen-bond donors (Lipinski definition) is 2. The Morgan fingerprint density at radius 3 is 2.80 bits per heavy atom. The van der Waals surface area contributed by atoms with Crippen LogP contribution in [-0.2, 0) is 12.0 Å². The van der Waals surface area contributed by atoms with Gasteiger partial charge in [-0.3, -0.25) is 9.67 Å². The molecule has 3 aliphatic rings. The number of urea groups is 1. The standard InChI is InChI=1S/C26H31N7O2/c1-17(18-5-9-28-10-6-18)35-22-13-19(15-29-24(22)27)21-14-23-26(8-12-33(23)31-21)7-11-32(16-26)25(34)30-20-3-2-4-20/h5-6,9-10,13-15,17,20H,2-4,7-8,11-12,16H2,1H3,(H2,27,29)(H,30,34)/t17-,26-/m1/s1. The molecule has 2 atom stereocenters. The van der Waals surface area contributed by atoms with Gasteiger partial charge in [0.1, 0.15) is 6.10 Å². The normalized spacial score (nSPS) is 22.1. The molecule has 6 rings (SSSR count). The lowest BCUT2D eigenvalue weighted by Gasteiger charge is -2.30. The van der Waals surface area contributed by atoms with Crippen molar-refractivity contribution in [1.29, 1.82) is 0 Å². The topological polar surface area (TPSA) is 111 Å². The Bertz CT molecular complexity index is 1240. The lowest BCUT2D eigenvalue weighted by molar-refractivity contribution is 0.193. The van der Waals surface area contributed by atoms with Gasteiger partial charge in [0.25, 0.3) is 0 Å². The highest BCUT2D eigenvalue weighted by Crippen LogP contribution is 2.44. The van der Waals surface area contributed by atoms with Gasteiger partial charge in [0.15, 0.2) is 11.6 Å². The summed E-state index contributed by atoms with van der Waals surface area (Å²) in [5.74, 6) is 0.885. The van der Waals surface area contributed by atoms with Crippen LogP contribution in [0.25, 0.3) is 11.3 Å². The first-order chi connectivity index (χ1) is 17.0. The van der Waals surface area contributed by atoms with E-state index in [9.17, 15) is 4.79 Å². The van der Waals surface area contributed by atoms with E-state index in [0.717, 1.165) is 62.1 Å². The van der Waals surface area contributed by atoms with E-state index in [-0.39, 0.29) is 17.6 Å². The summed E-state index contributed by atoms with van der Waals surface area (Å²) in [5.41, 5.74) is 10.0. The molecule has 5 heterocycles. The van der Waals surface area contributed by atoms with Gasteiger partial charge in [-0.05, 0) is 68.9 Å². The van der Waals surface area contributed by atoms with Gasteiger partial charge < -0.3 is 20.7 Å². The highest BCUT2D eigenvalue weighted by Gasteiger charge is 2.47. The number of pyridine rings is 2. The van der Waals surface area contributed by atoms with Crippen LogP contribution in [0.2, 0.25) is 0 Å². The van der Waals surface area contributed by atoms with E-state index in [0.29, 0.717) is 17.6 Å². The third-order valence-corrected chi connectivity index (χ3v) is 7.86. The molecule has 1 saturated heterocycles. The van der Waals surface area contributed by atoms with E-state index in [1.54, 1.807) is 18.6 Å². The van der Waals surface area contributed by atoms with Crippen molar-refractivity contribution in [3.63, 3.8) is 0 Å². The minimum absolute atomic E-state index is 0.0291. The summed E-state index contributed by atoms with van der Waals surface area (Å²) in [6, 6.07) is 8.36. The number of nitrogens with zero attached hydrogens (tertiary/aromatic N) is 5. The van der Waals surface area contributed by atoms with Gasteiger partial charge in [0.05, 0.1) is 5.69 Å². The molecule has 0 aromatic carbocycles. The second-order valence-corrected chi connectivity index (χ2v) is 10.1. The minimum atomic E-state index is -0.192. The Kier molecular flexibility index (Phi) is 5.35. The van der Waals surface area contributed by atoms with Gasteiger partial charge in [-0.2, -0.15) is 5.10 Å². The van der Waals surface area contributed by atoms with Gasteiger partial charge >= 0.3 is 6.03 Å². The van der Waals surface area contributed by atoms with Gasteiger partial charge in [-0.1, -0.05) is 0 Å². The SMILES string of the molecule is C[C@@H](Oc1cc(-c2cc3n(n2)CC[C@@]32CCN(C(=O)NC3CCC3)C2)cnc1N)c1ccncc1. The number of likely N-dealkylation sites (tertiary alicyclic amines) is 1. The maximum Gasteiger partial charge on any atom is 0.317 e. The van der Waals surface area contributed by atoms with E-state index in [1.807, 2.05) is 30.0 Å². The molecule has 3 aromatic heterocycles. The molecule has 0 radical (unpaired) electrons. The van der Waals surface area contributed by atoms with Crippen molar-refractivity contribution in [3.8, 4) is 17.0 Å². The maximum absolute atomic E-state index is 12.7. The molecular formula is C26H31N7O2. The van der Waals surface area contributed by atoms with Crippen LogP contribution in [0.15, 0.2) is 42.9 Å². The van der Waals surface area contributed by atoms with Gasteiger partial charge in [-0.25, -0.2) is 9.78 Å². The minimum Gasteiger partial charge on any atom is -0.482 e. The zero-order valence-electron chi connectivity index (χ0n) is 20.0. The molecule has 3 aromatic rings. The predicted molar refractivity (Wildman–Crippen MR) is 132 cm³/mol. The average Bonchev–Trinajstić information content (AvgIpc) is 3.55. The number of ether oxygens (including phenoxy) is 1. The van der Waals surface area contributed by atoms with E-state index in [4.69, 9.17) is 15.6 Å². The first-order valence-electron chi connectivity index (χ1n) is 12.5. The van der Waals surface area contributed by atoms with Crippen molar-refractivity contribution >= 4 is 11.8 Å². The number of nitrogens with one attached hydrogen (secondary N) is 1. The molecule has 1 saturated carbocycles. The first-order valence-corrected chi connectivity index (χ1v) is 12.5. The fraction of sp³-hybridized carbons (Fsp3) is 0.462. The van der Waals surface area contributed by atoms with Crippen LogP contribution >= 0.6 is 0 Å². The summed E-state index contributed by atoms with van der Waals surface area (Å²) >= 11 is 0. The molecule has 1 aliphatic carbocycles. The summed E-state index contributed by atoms with van der Waals surface area (Å²) in [7, 11) is 0. The summed E-state index contributed by atoms with van der Waals surface area (Å²) in [4.78, 5) is 23.2. The van der Waals surface area contributed by atoms with Crippen LogP contribution in [-0.4, -0.2) is 49.8 Å². The Labute approximate surface area is 204 Å². The number of rotatable bonds is 5. The van der Waals surface area contributed by atoms with Gasteiger partial charge in [0.2, 0.25) is 0 Å². The molecule has 9 heteroatoms. The molecule has 1 spiro atoms. The summed E-state index contributed by atoms with van der Waals surface area (Å²) < 4.78 is 8.25. The van der Waals surface area contributed by atoms with Crippen molar-refractivity contribution in [3.05, 3.63) is 54.1 Å². The molecular weight excluding hydrogens is 442 g/mol. The number of carbonyl (C=O) groups excluding carboxylic acids is 1. The van der Waals surface area contributed by atoms with Crippen LogP contribution in [0.3, 0.4) is 0 Å². The van der Waals surface area contributed by atoms with Crippen LogP contribution in [0.4, 0.5) is 10.6 Å². The summed E-state index contributed by atoms with van der Waals surface area (Å²) in [6.07, 6.45) is 10.4. The third kappa shape index (κ3) is 3.98. The van der Waals surface area contributed by atoms with Crippen molar-refractivity contribution in [1.82, 2.24) is 30.0 Å². The number of nitrogens with two attached hydrogens (primary N) is 1. The van der Waals surface area contributed by atoms with Crippen LogP contribution in [0, 0.1) is 0 Å². The molecule has 2 fully saturated rings. The largest absolute Gasteiger partial charge is 0.482 e. The van der Waals surface area contributed by atoms with Gasteiger partial charge in [0, 0.05) is 60.9 Å². The Balaban J connectivity index is 1.21. The monoisotopic (exact) mass is 473 g/mol. The molecule has 0 bridgehead atoms. The number of fused-ring (bicyclic) bond motifs is 2. The van der Waals surface area contributed by atoms with E-state index in [1.165, 1.54) is 12.1 Å². The third-order valence-electron chi connectivity index (χ3n) is 7.86. The number of amides is 2. The van der Waals surface area contributed by atoms with Gasteiger partial charge in [-0.15, -0.1) is 0 Å². The number of nitrogen functional groups attached to an aromatic ring is 1. The van der Waals surface area contributed by atoms with Crippen molar-refractivity contribution in [2.24, 2.45) is 0 Å². The lowest BCUT2D eigenvalue weighted by Crippen LogP contribution is -2.47. The lowest BCUT2D eigenvalue weighted by atomic mass is 9.82. The molecule has 2 amide bonds. The molecule has 182 valence electrons. The molecule has 35 heavy (non-hydrogen) atoms. The second-order valence-electron chi connectivity index (χ2n) is 10.1. The van der Waals surface area contributed by atoms with Crippen LogP contribution in [0.5, 0.6) is 5.75 Å². The number of hydrogen-bond acceptors (Lipinski definition) is 6. The first kappa shape index (κ1) is 21.9. The molecule has 3 N–H and O–H groups in total. The number of anilines is 1. The second kappa shape index (κ2) is 8.55. The van der Waals surface area contributed by atoms with Crippen molar-refractivity contribution in [2.75, 3.05) is 18.8 Å². The molecule has 9 nitrogen and oxygen atoms in total. The Hall–Kier alpha value is -3.62. The number of aromatic nitrogens is 4. The fourth-order valence-electron chi connectivity index (χ4n) is 5.46. The van der Waals surface area contributed by atoms with E-state index in [2.05, 4.69) is 26.0 Å². The van der Waals surface area contributed by atoms with Crippen molar-refractivity contribution in [2.45, 2.75) is 63.1 Å². The molecule has 2 aliphatic heterocycles. The Morgan fingerprint density at radius 1 is 1.23 bits per heavy atom. The zero-order chi connectivity index (χ0) is 24.0. The predicted octanol–water partition coefficient (Wildman–Crippen LogP) is 3.67. The Morgan fingerprint density at radius 2 is 2.03 bits per heavy atom.